The van der Waals surface area contributed by atoms with E-state index >= 15 is 0 Å². The molecule has 1 aromatic heterocycles. The van der Waals surface area contributed by atoms with E-state index in [0.717, 1.165) is 36.3 Å². The number of aromatic nitrogens is 1. The number of nitrogens with zero attached hydrogens (tertiary/aromatic N) is 1. The first-order chi connectivity index (χ1) is 13.8. The van der Waals surface area contributed by atoms with Crippen LogP contribution in [-0.4, -0.2) is 22.8 Å². The van der Waals surface area contributed by atoms with E-state index in [0.29, 0.717) is 16.6 Å². The maximum atomic E-state index is 13.0. The maximum Gasteiger partial charge on any atom is 0.257 e. The highest BCUT2D eigenvalue weighted by Crippen LogP contribution is 2.41. The van der Waals surface area contributed by atoms with E-state index in [4.69, 9.17) is 0 Å². The van der Waals surface area contributed by atoms with Crippen molar-refractivity contribution < 1.29 is 9.59 Å². The minimum atomic E-state index is -0.205. The number of hydrogen-bond donors (Lipinski definition) is 2. The van der Waals surface area contributed by atoms with E-state index in [1.165, 1.54) is 17.8 Å². The molecular formula is C23H29N3O2S. The molecule has 3 unspecified atom stereocenters. The maximum absolute atomic E-state index is 13.0. The van der Waals surface area contributed by atoms with E-state index in [9.17, 15) is 9.59 Å². The molecule has 1 fully saturated rings. The van der Waals surface area contributed by atoms with Gasteiger partial charge in [0, 0.05) is 16.5 Å². The Bertz CT molecular complexity index is 906. The fraction of sp³-hybridized carbons (Fsp3) is 0.522. The summed E-state index contributed by atoms with van der Waals surface area (Å²) in [5.74, 6) is 0.341. The molecule has 154 valence electrons. The summed E-state index contributed by atoms with van der Waals surface area (Å²) < 4.78 is 0. The molecule has 5 nitrogen and oxygen atoms in total. The molecule has 2 aliphatic rings. The summed E-state index contributed by atoms with van der Waals surface area (Å²) in [5, 5.41) is 6.76. The van der Waals surface area contributed by atoms with Crippen molar-refractivity contribution in [2.75, 3.05) is 5.32 Å². The highest BCUT2D eigenvalue weighted by molar-refractivity contribution is 7.16. The summed E-state index contributed by atoms with van der Waals surface area (Å²) >= 11 is 1.49. The number of amides is 2. The first-order valence-electron chi connectivity index (χ1n) is 10.5. The molecule has 2 N–H and O–H groups in total. The normalized spacial score (nSPS) is 25.3. The lowest BCUT2D eigenvalue weighted by Gasteiger charge is -2.39. The first kappa shape index (κ1) is 20.1. The molecule has 2 aromatic rings. The Kier molecular flexibility index (Phi) is 5.47. The molecule has 2 aliphatic carbocycles. The molecule has 0 aliphatic heterocycles. The van der Waals surface area contributed by atoms with Gasteiger partial charge < -0.3 is 5.32 Å². The number of hydrogen-bond acceptors (Lipinski definition) is 4. The van der Waals surface area contributed by atoms with Gasteiger partial charge >= 0.3 is 0 Å². The van der Waals surface area contributed by atoms with Gasteiger partial charge in [-0.3, -0.25) is 14.9 Å². The van der Waals surface area contributed by atoms with Crippen LogP contribution in [0.2, 0.25) is 0 Å². The number of carbonyl (C=O) groups excluding carboxylic acids is 2. The molecular weight excluding hydrogens is 382 g/mol. The zero-order valence-electron chi connectivity index (χ0n) is 17.3. The first-order valence-corrected chi connectivity index (χ1v) is 11.3. The number of rotatable bonds is 4. The molecule has 1 aromatic carbocycles. The van der Waals surface area contributed by atoms with Crippen molar-refractivity contribution in [2.24, 2.45) is 11.3 Å². The van der Waals surface area contributed by atoms with Crippen molar-refractivity contribution in [1.82, 2.24) is 10.3 Å². The fourth-order valence-corrected chi connectivity index (χ4v) is 6.09. The van der Waals surface area contributed by atoms with Crippen molar-refractivity contribution in [3.05, 3.63) is 46.5 Å². The predicted molar refractivity (Wildman–Crippen MR) is 116 cm³/mol. The van der Waals surface area contributed by atoms with E-state index in [1.807, 2.05) is 18.2 Å². The molecule has 0 radical (unpaired) electrons. The average molecular weight is 412 g/mol. The summed E-state index contributed by atoms with van der Waals surface area (Å²) in [6.45, 7) is 6.85. The van der Waals surface area contributed by atoms with Crippen LogP contribution < -0.4 is 10.6 Å². The smallest absolute Gasteiger partial charge is 0.257 e. The zero-order valence-corrected chi connectivity index (χ0v) is 18.1. The SMILES string of the molecule is CC1CC(NC(=O)C2CCc3sc(NC(=O)c4ccccc4)nc32)CC(C)(C)C1. The van der Waals surface area contributed by atoms with Crippen LogP contribution in [0.25, 0.3) is 0 Å². The number of aryl methyl sites for hydroxylation is 1. The van der Waals surface area contributed by atoms with Crippen LogP contribution in [-0.2, 0) is 11.2 Å². The third-order valence-corrected chi connectivity index (χ3v) is 7.07. The van der Waals surface area contributed by atoms with Crippen molar-refractivity contribution in [2.45, 2.75) is 64.8 Å². The fourth-order valence-electron chi connectivity index (χ4n) is 5.05. The third kappa shape index (κ3) is 4.53. The van der Waals surface area contributed by atoms with Crippen LogP contribution in [0.15, 0.2) is 30.3 Å². The Morgan fingerprint density at radius 3 is 2.66 bits per heavy atom. The Morgan fingerprint density at radius 2 is 1.93 bits per heavy atom. The molecule has 2 amide bonds. The molecule has 1 saturated carbocycles. The number of benzene rings is 1. The van der Waals surface area contributed by atoms with Gasteiger partial charge in [-0.2, -0.15) is 0 Å². The highest BCUT2D eigenvalue weighted by Gasteiger charge is 2.37. The van der Waals surface area contributed by atoms with Gasteiger partial charge in [0.05, 0.1) is 11.6 Å². The minimum absolute atomic E-state index is 0.0879. The minimum Gasteiger partial charge on any atom is -0.353 e. The van der Waals surface area contributed by atoms with E-state index in [2.05, 4.69) is 36.4 Å². The molecule has 0 saturated heterocycles. The Labute approximate surface area is 176 Å². The van der Waals surface area contributed by atoms with Gasteiger partial charge in [0.1, 0.15) is 0 Å². The third-order valence-electron chi connectivity index (χ3n) is 6.02. The van der Waals surface area contributed by atoms with Crippen LogP contribution in [0.4, 0.5) is 5.13 Å². The standard InChI is InChI=1S/C23H29N3O2S/c1-14-11-16(13-23(2,3)12-14)24-21(28)17-9-10-18-19(17)25-22(29-18)26-20(27)15-7-5-4-6-8-15/h4-8,14,16-17H,9-13H2,1-3H3,(H,24,28)(H,25,26,27). The lowest BCUT2D eigenvalue weighted by molar-refractivity contribution is -0.123. The van der Waals surface area contributed by atoms with E-state index in [-0.39, 0.29) is 29.2 Å². The number of nitrogens with one attached hydrogen (secondary N) is 2. The van der Waals surface area contributed by atoms with E-state index in [1.54, 1.807) is 12.1 Å². The van der Waals surface area contributed by atoms with Crippen molar-refractivity contribution in [3.63, 3.8) is 0 Å². The summed E-state index contributed by atoms with van der Waals surface area (Å²) in [4.78, 5) is 31.1. The van der Waals surface area contributed by atoms with Gasteiger partial charge in [-0.1, -0.05) is 39.0 Å². The average Bonchev–Trinajstić information content (AvgIpc) is 3.20. The van der Waals surface area contributed by atoms with Crippen LogP contribution in [0.1, 0.15) is 73.3 Å². The summed E-state index contributed by atoms with van der Waals surface area (Å²) in [6, 6.07) is 9.35. The summed E-state index contributed by atoms with van der Waals surface area (Å²) in [5.41, 5.74) is 1.72. The van der Waals surface area contributed by atoms with Gasteiger partial charge in [0.15, 0.2) is 5.13 Å². The molecule has 4 rings (SSSR count). The van der Waals surface area contributed by atoms with Crippen molar-refractivity contribution in [1.29, 1.82) is 0 Å². The second-order valence-electron chi connectivity index (χ2n) is 9.36. The zero-order chi connectivity index (χ0) is 20.6. The number of carbonyl (C=O) groups is 2. The molecule has 1 heterocycles. The van der Waals surface area contributed by atoms with Crippen LogP contribution in [0.5, 0.6) is 0 Å². The molecule has 0 bridgehead atoms. The van der Waals surface area contributed by atoms with Crippen LogP contribution >= 0.6 is 11.3 Å². The summed E-state index contributed by atoms with van der Waals surface area (Å²) in [7, 11) is 0. The second kappa shape index (κ2) is 7.90. The van der Waals surface area contributed by atoms with Gasteiger partial charge in [0.2, 0.25) is 5.91 Å². The predicted octanol–water partition coefficient (Wildman–Crippen LogP) is 4.76. The molecule has 6 heteroatoms. The Morgan fingerprint density at radius 1 is 1.17 bits per heavy atom. The van der Waals surface area contributed by atoms with Crippen LogP contribution in [0, 0.1) is 11.3 Å². The second-order valence-corrected chi connectivity index (χ2v) is 10.4. The van der Waals surface area contributed by atoms with Crippen LogP contribution in [0.3, 0.4) is 0 Å². The highest BCUT2D eigenvalue weighted by atomic mass is 32.1. The van der Waals surface area contributed by atoms with Gasteiger partial charge in [-0.15, -0.1) is 11.3 Å². The number of fused-ring (bicyclic) bond motifs is 1. The molecule has 29 heavy (non-hydrogen) atoms. The Hall–Kier alpha value is -2.21. The molecule has 0 spiro atoms. The molecule has 3 atom stereocenters. The number of anilines is 1. The van der Waals surface area contributed by atoms with Crippen molar-refractivity contribution in [3.8, 4) is 0 Å². The lowest BCUT2D eigenvalue weighted by Crippen LogP contribution is -2.44. The lowest BCUT2D eigenvalue weighted by atomic mass is 9.70. The topological polar surface area (TPSA) is 71.1 Å². The van der Waals surface area contributed by atoms with Gasteiger partial charge in [-0.05, 0) is 55.6 Å². The Balaban J connectivity index is 1.42. The van der Waals surface area contributed by atoms with Crippen molar-refractivity contribution >= 4 is 28.3 Å². The summed E-state index contributed by atoms with van der Waals surface area (Å²) in [6.07, 6.45) is 4.93. The number of thiazole rings is 1. The van der Waals surface area contributed by atoms with E-state index < -0.39 is 0 Å². The largest absolute Gasteiger partial charge is 0.353 e. The quantitative estimate of drug-likeness (QED) is 0.762. The van der Waals surface area contributed by atoms with Gasteiger partial charge in [-0.25, -0.2) is 4.98 Å². The van der Waals surface area contributed by atoms with Gasteiger partial charge in [0.25, 0.3) is 5.91 Å². The monoisotopic (exact) mass is 411 g/mol.